The highest BCUT2D eigenvalue weighted by Crippen LogP contribution is 2.36. The minimum absolute atomic E-state index is 0.473. The SMILES string of the molecule is CN(C)c1ccc(C(O)C2(C)CCCCO2)cn1. The molecule has 1 N–H and O–H groups in total. The average Bonchev–Trinajstić information content (AvgIpc) is 2.39. The summed E-state index contributed by atoms with van der Waals surface area (Å²) in [6.07, 6.45) is 4.21. The lowest BCUT2D eigenvalue weighted by atomic mass is 9.87. The highest BCUT2D eigenvalue weighted by Gasteiger charge is 2.36. The van der Waals surface area contributed by atoms with Crippen molar-refractivity contribution in [1.29, 1.82) is 0 Å². The van der Waals surface area contributed by atoms with E-state index in [0.717, 1.165) is 37.3 Å². The van der Waals surface area contributed by atoms with Gasteiger partial charge in [0.05, 0.1) is 5.60 Å². The van der Waals surface area contributed by atoms with E-state index in [1.807, 2.05) is 38.1 Å². The number of aromatic nitrogens is 1. The van der Waals surface area contributed by atoms with Crippen LogP contribution < -0.4 is 4.90 Å². The molecule has 1 aromatic rings. The molecule has 1 aliphatic heterocycles. The summed E-state index contributed by atoms with van der Waals surface area (Å²) in [5.41, 5.74) is 0.351. The number of hydrogen-bond donors (Lipinski definition) is 1. The number of rotatable bonds is 3. The van der Waals surface area contributed by atoms with E-state index in [-0.39, 0.29) is 0 Å². The molecule has 2 rings (SSSR count). The minimum Gasteiger partial charge on any atom is -0.385 e. The number of hydrogen-bond acceptors (Lipinski definition) is 4. The molecule has 100 valence electrons. The molecule has 2 heterocycles. The van der Waals surface area contributed by atoms with Crippen LogP contribution in [0.25, 0.3) is 0 Å². The third-order valence-electron chi connectivity index (χ3n) is 3.62. The second-order valence-corrected chi connectivity index (χ2v) is 5.36. The Balaban J connectivity index is 2.15. The number of aliphatic hydroxyl groups excluding tert-OH is 1. The monoisotopic (exact) mass is 250 g/mol. The maximum Gasteiger partial charge on any atom is 0.127 e. The van der Waals surface area contributed by atoms with Gasteiger partial charge in [0.1, 0.15) is 11.9 Å². The Morgan fingerprint density at radius 1 is 1.39 bits per heavy atom. The molecule has 2 atom stereocenters. The summed E-state index contributed by atoms with van der Waals surface area (Å²) in [4.78, 5) is 6.28. The molecule has 1 fully saturated rings. The van der Waals surface area contributed by atoms with E-state index < -0.39 is 11.7 Å². The summed E-state index contributed by atoms with van der Waals surface area (Å²) < 4.78 is 5.77. The minimum atomic E-state index is -0.610. The van der Waals surface area contributed by atoms with Crippen molar-refractivity contribution in [2.24, 2.45) is 0 Å². The van der Waals surface area contributed by atoms with Gasteiger partial charge in [-0.2, -0.15) is 0 Å². The van der Waals surface area contributed by atoms with E-state index in [1.165, 1.54) is 0 Å². The maximum absolute atomic E-state index is 10.5. The van der Waals surface area contributed by atoms with Crippen LogP contribution in [0.2, 0.25) is 0 Å². The van der Waals surface area contributed by atoms with Gasteiger partial charge in [0.25, 0.3) is 0 Å². The topological polar surface area (TPSA) is 45.6 Å². The molecule has 4 heteroatoms. The van der Waals surface area contributed by atoms with Crippen LogP contribution in [0.1, 0.15) is 37.9 Å². The van der Waals surface area contributed by atoms with Gasteiger partial charge < -0.3 is 14.7 Å². The second-order valence-electron chi connectivity index (χ2n) is 5.36. The number of pyridine rings is 1. The Morgan fingerprint density at radius 3 is 2.67 bits per heavy atom. The second kappa shape index (κ2) is 5.24. The molecule has 18 heavy (non-hydrogen) atoms. The quantitative estimate of drug-likeness (QED) is 0.892. The molecule has 1 aromatic heterocycles. The molecule has 0 amide bonds. The molecule has 4 nitrogen and oxygen atoms in total. The highest BCUT2D eigenvalue weighted by molar-refractivity contribution is 5.37. The predicted octanol–water partition coefficient (Wildman–Crippen LogP) is 2.14. The summed E-state index contributed by atoms with van der Waals surface area (Å²) in [5.74, 6) is 0.890. The van der Waals surface area contributed by atoms with Crippen molar-refractivity contribution in [3.8, 4) is 0 Å². The molecular weight excluding hydrogens is 228 g/mol. The standard InChI is InChI=1S/C14H22N2O2/c1-14(8-4-5-9-18-14)13(17)11-6-7-12(15-10-11)16(2)3/h6-7,10,13,17H,4-5,8-9H2,1-3H3. The van der Waals surface area contributed by atoms with Crippen LogP contribution in [-0.2, 0) is 4.74 Å². The highest BCUT2D eigenvalue weighted by atomic mass is 16.5. The van der Waals surface area contributed by atoms with Gasteiger partial charge >= 0.3 is 0 Å². The van der Waals surface area contributed by atoms with Crippen molar-refractivity contribution in [2.45, 2.75) is 37.9 Å². The first kappa shape index (κ1) is 13.3. The Bertz CT molecular complexity index is 383. The van der Waals surface area contributed by atoms with Gasteiger partial charge in [0.15, 0.2) is 0 Å². The fourth-order valence-electron chi connectivity index (χ4n) is 2.35. The van der Waals surface area contributed by atoms with Crippen LogP contribution >= 0.6 is 0 Å². The fourth-order valence-corrected chi connectivity index (χ4v) is 2.35. The first-order valence-electron chi connectivity index (χ1n) is 6.48. The van der Waals surface area contributed by atoms with Crippen LogP contribution in [0, 0.1) is 0 Å². The van der Waals surface area contributed by atoms with Gasteiger partial charge in [-0.3, -0.25) is 0 Å². The van der Waals surface area contributed by atoms with E-state index in [0.29, 0.717) is 0 Å². The Labute approximate surface area is 109 Å². The predicted molar refractivity (Wildman–Crippen MR) is 71.7 cm³/mol. The van der Waals surface area contributed by atoms with Gasteiger partial charge in [-0.05, 0) is 32.3 Å². The van der Waals surface area contributed by atoms with Crippen molar-refractivity contribution in [1.82, 2.24) is 4.98 Å². The first-order chi connectivity index (χ1) is 8.53. The molecule has 1 aliphatic rings. The molecule has 2 unspecified atom stereocenters. The van der Waals surface area contributed by atoms with Crippen LogP contribution in [0.3, 0.4) is 0 Å². The summed E-state index contributed by atoms with van der Waals surface area (Å²) >= 11 is 0. The van der Waals surface area contributed by atoms with Gasteiger partial charge in [0.2, 0.25) is 0 Å². The Hall–Kier alpha value is -1.13. The smallest absolute Gasteiger partial charge is 0.127 e. The van der Waals surface area contributed by atoms with E-state index in [4.69, 9.17) is 4.74 Å². The number of aliphatic hydroxyl groups is 1. The van der Waals surface area contributed by atoms with Crippen molar-refractivity contribution >= 4 is 5.82 Å². The van der Waals surface area contributed by atoms with E-state index in [9.17, 15) is 5.11 Å². The van der Waals surface area contributed by atoms with Crippen molar-refractivity contribution < 1.29 is 9.84 Å². The maximum atomic E-state index is 10.5. The Morgan fingerprint density at radius 2 is 2.17 bits per heavy atom. The van der Waals surface area contributed by atoms with Crippen molar-refractivity contribution in [2.75, 3.05) is 25.6 Å². The molecule has 0 aromatic carbocycles. The normalized spacial score (nSPS) is 25.8. The van der Waals surface area contributed by atoms with E-state index >= 15 is 0 Å². The number of nitrogens with zero attached hydrogens (tertiary/aromatic N) is 2. The third kappa shape index (κ3) is 2.65. The summed E-state index contributed by atoms with van der Waals surface area (Å²) in [6, 6.07) is 3.85. The van der Waals surface area contributed by atoms with Crippen molar-refractivity contribution in [3.63, 3.8) is 0 Å². The van der Waals surface area contributed by atoms with Crippen molar-refractivity contribution in [3.05, 3.63) is 23.9 Å². The average molecular weight is 250 g/mol. The summed E-state index contributed by atoms with van der Waals surface area (Å²) in [6.45, 7) is 2.72. The summed E-state index contributed by atoms with van der Waals surface area (Å²) in [5, 5.41) is 10.5. The summed E-state index contributed by atoms with van der Waals surface area (Å²) in [7, 11) is 3.90. The lowest BCUT2D eigenvalue weighted by Crippen LogP contribution is -2.39. The van der Waals surface area contributed by atoms with Crippen LogP contribution in [-0.4, -0.2) is 36.4 Å². The molecule has 0 bridgehead atoms. The van der Waals surface area contributed by atoms with Gasteiger partial charge in [-0.25, -0.2) is 4.98 Å². The van der Waals surface area contributed by atoms with Gasteiger partial charge in [-0.15, -0.1) is 0 Å². The van der Waals surface area contributed by atoms with Crippen LogP contribution in [0.15, 0.2) is 18.3 Å². The zero-order valence-corrected chi connectivity index (χ0v) is 11.4. The zero-order chi connectivity index (χ0) is 13.2. The third-order valence-corrected chi connectivity index (χ3v) is 3.62. The lowest BCUT2D eigenvalue weighted by molar-refractivity contribution is -0.138. The zero-order valence-electron chi connectivity index (χ0n) is 11.4. The van der Waals surface area contributed by atoms with E-state index in [2.05, 4.69) is 4.98 Å². The fraction of sp³-hybridized carbons (Fsp3) is 0.643. The van der Waals surface area contributed by atoms with Gasteiger partial charge in [0, 0.05) is 32.5 Å². The van der Waals surface area contributed by atoms with Crippen LogP contribution in [0.5, 0.6) is 0 Å². The molecule has 0 aliphatic carbocycles. The van der Waals surface area contributed by atoms with E-state index in [1.54, 1.807) is 6.20 Å². The molecule has 0 radical (unpaired) electrons. The van der Waals surface area contributed by atoms with Crippen LogP contribution in [0.4, 0.5) is 5.82 Å². The molecular formula is C14H22N2O2. The first-order valence-corrected chi connectivity index (χ1v) is 6.48. The Kier molecular flexibility index (Phi) is 3.88. The number of anilines is 1. The number of ether oxygens (including phenoxy) is 1. The lowest BCUT2D eigenvalue weighted by Gasteiger charge is -2.38. The molecule has 1 saturated heterocycles. The molecule has 0 spiro atoms. The van der Waals surface area contributed by atoms with Gasteiger partial charge in [-0.1, -0.05) is 6.07 Å². The largest absolute Gasteiger partial charge is 0.385 e. The molecule has 0 saturated carbocycles.